The van der Waals surface area contributed by atoms with Gasteiger partial charge in [0.15, 0.2) is 5.78 Å². The predicted molar refractivity (Wildman–Crippen MR) is 72.1 cm³/mol. The first-order chi connectivity index (χ1) is 8.56. The zero-order chi connectivity index (χ0) is 13.1. The molecule has 1 atom stereocenters. The SMILES string of the molecule is CC(C)Oc1ccc(C2CCN(C)CC2=O)cc1. The number of ether oxygens (including phenoxy) is 1. The lowest BCUT2D eigenvalue weighted by Crippen LogP contribution is -2.37. The second-order valence-corrected chi connectivity index (χ2v) is 5.28. The molecule has 98 valence electrons. The Labute approximate surface area is 109 Å². The molecule has 0 spiro atoms. The van der Waals surface area contributed by atoms with Gasteiger partial charge in [-0.3, -0.25) is 9.69 Å². The van der Waals surface area contributed by atoms with Crippen LogP contribution in [-0.4, -0.2) is 36.9 Å². The van der Waals surface area contributed by atoms with Crippen LogP contribution in [-0.2, 0) is 4.79 Å². The van der Waals surface area contributed by atoms with Gasteiger partial charge >= 0.3 is 0 Å². The minimum atomic E-state index is 0.0642. The van der Waals surface area contributed by atoms with Gasteiger partial charge in [-0.05, 0) is 51.6 Å². The van der Waals surface area contributed by atoms with Crippen molar-refractivity contribution in [2.75, 3.05) is 20.1 Å². The van der Waals surface area contributed by atoms with Gasteiger partial charge in [-0.25, -0.2) is 0 Å². The number of carbonyl (C=O) groups excluding carboxylic acids is 1. The zero-order valence-corrected chi connectivity index (χ0v) is 11.3. The van der Waals surface area contributed by atoms with Gasteiger partial charge in [-0.15, -0.1) is 0 Å². The molecule has 0 radical (unpaired) electrons. The fraction of sp³-hybridized carbons (Fsp3) is 0.533. The summed E-state index contributed by atoms with van der Waals surface area (Å²) in [5.74, 6) is 1.25. The van der Waals surface area contributed by atoms with Crippen LogP contribution in [0.4, 0.5) is 0 Å². The third-order valence-electron chi connectivity index (χ3n) is 3.27. The molecule has 3 heteroatoms. The maximum Gasteiger partial charge on any atom is 0.154 e. The Morgan fingerprint density at radius 3 is 2.50 bits per heavy atom. The highest BCUT2D eigenvalue weighted by Crippen LogP contribution is 2.26. The van der Waals surface area contributed by atoms with Crippen LogP contribution in [0, 0.1) is 0 Å². The molecule has 0 aliphatic carbocycles. The molecular weight excluding hydrogens is 226 g/mol. The highest BCUT2D eigenvalue weighted by atomic mass is 16.5. The number of likely N-dealkylation sites (N-methyl/N-ethyl adjacent to an activating group) is 1. The van der Waals surface area contributed by atoms with E-state index in [0.29, 0.717) is 12.3 Å². The molecule has 0 N–H and O–H groups in total. The van der Waals surface area contributed by atoms with Crippen molar-refractivity contribution in [1.29, 1.82) is 0 Å². The summed E-state index contributed by atoms with van der Waals surface area (Å²) < 4.78 is 5.61. The Morgan fingerprint density at radius 2 is 1.94 bits per heavy atom. The molecule has 1 aliphatic rings. The smallest absolute Gasteiger partial charge is 0.154 e. The summed E-state index contributed by atoms with van der Waals surface area (Å²) in [6.45, 7) is 5.57. The summed E-state index contributed by atoms with van der Waals surface area (Å²) in [6.07, 6.45) is 1.10. The van der Waals surface area contributed by atoms with Gasteiger partial charge in [0.05, 0.1) is 12.6 Å². The minimum absolute atomic E-state index is 0.0642. The van der Waals surface area contributed by atoms with E-state index in [1.807, 2.05) is 45.2 Å². The number of Topliss-reactive ketones (excluding diaryl/α,β-unsaturated/α-hetero) is 1. The standard InChI is InChI=1S/C15H21NO2/c1-11(2)18-13-6-4-12(5-7-13)14-8-9-16(3)10-15(14)17/h4-7,11,14H,8-10H2,1-3H3. The molecule has 1 aromatic rings. The van der Waals surface area contributed by atoms with Crippen molar-refractivity contribution in [3.63, 3.8) is 0 Å². The maximum absolute atomic E-state index is 12.0. The second kappa shape index (κ2) is 5.53. The number of benzene rings is 1. The van der Waals surface area contributed by atoms with E-state index in [4.69, 9.17) is 4.74 Å². The van der Waals surface area contributed by atoms with Gasteiger partial charge in [-0.2, -0.15) is 0 Å². The summed E-state index contributed by atoms with van der Waals surface area (Å²) in [5.41, 5.74) is 1.12. The normalized spacial score (nSPS) is 21.3. The van der Waals surface area contributed by atoms with E-state index in [2.05, 4.69) is 4.90 Å². The summed E-state index contributed by atoms with van der Waals surface area (Å²) >= 11 is 0. The van der Waals surface area contributed by atoms with Gasteiger partial charge in [0.2, 0.25) is 0 Å². The number of likely N-dealkylation sites (tertiary alicyclic amines) is 1. The Kier molecular flexibility index (Phi) is 4.02. The summed E-state index contributed by atoms with van der Waals surface area (Å²) in [5, 5.41) is 0. The van der Waals surface area contributed by atoms with Crippen molar-refractivity contribution in [2.45, 2.75) is 32.3 Å². The zero-order valence-electron chi connectivity index (χ0n) is 11.3. The van der Waals surface area contributed by atoms with Gasteiger partial charge in [0.25, 0.3) is 0 Å². The lowest BCUT2D eigenvalue weighted by Gasteiger charge is -2.28. The molecule has 1 aromatic carbocycles. The van der Waals surface area contributed by atoms with Crippen LogP contribution in [0.2, 0.25) is 0 Å². The van der Waals surface area contributed by atoms with E-state index in [-0.39, 0.29) is 12.0 Å². The van der Waals surface area contributed by atoms with Crippen molar-refractivity contribution < 1.29 is 9.53 Å². The van der Waals surface area contributed by atoms with Crippen molar-refractivity contribution >= 4 is 5.78 Å². The number of ketones is 1. The highest BCUT2D eigenvalue weighted by molar-refractivity contribution is 5.88. The number of rotatable bonds is 3. The second-order valence-electron chi connectivity index (χ2n) is 5.28. The molecule has 1 aliphatic heterocycles. The van der Waals surface area contributed by atoms with E-state index < -0.39 is 0 Å². The van der Waals surface area contributed by atoms with Crippen LogP contribution in [0.3, 0.4) is 0 Å². The monoisotopic (exact) mass is 247 g/mol. The molecule has 1 heterocycles. The third kappa shape index (κ3) is 3.10. The Hall–Kier alpha value is -1.35. The molecule has 0 aromatic heterocycles. The summed E-state index contributed by atoms with van der Waals surface area (Å²) in [4.78, 5) is 14.1. The first-order valence-corrected chi connectivity index (χ1v) is 6.54. The van der Waals surface area contributed by atoms with E-state index >= 15 is 0 Å². The fourth-order valence-electron chi connectivity index (χ4n) is 2.37. The quantitative estimate of drug-likeness (QED) is 0.821. The molecule has 1 unspecified atom stereocenters. The van der Waals surface area contributed by atoms with Gasteiger partial charge < -0.3 is 4.74 Å². The first kappa shape index (κ1) is 13.1. The minimum Gasteiger partial charge on any atom is -0.491 e. The fourth-order valence-corrected chi connectivity index (χ4v) is 2.37. The maximum atomic E-state index is 12.0. The van der Waals surface area contributed by atoms with Crippen LogP contribution < -0.4 is 4.74 Å². The number of piperidine rings is 1. The van der Waals surface area contributed by atoms with Crippen LogP contribution in [0.5, 0.6) is 5.75 Å². The Morgan fingerprint density at radius 1 is 1.28 bits per heavy atom. The van der Waals surface area contributed by atoms with E-state index in [0.717, 1.165) is 24.3 Å². The number of hydrogen-bond donors (Lipinski definition) is 0. The lowest BCUT2D eigenvalue weighted by atomic mass is 9.88. The molecule has 0 amide bonds. The van der Waals surface area contributed by atoms with Crippen molar-refractivity contribution in [3.05, 3.63) is 29.8 Å². The highest BCUT2D eigenvalue weighted by Gasteiger charge is 2.26. The van der Waals surface area contributed by atoms with E-state index in [1.165, 1.54) is 0 Å². The molecule has 0 saturated carbocycles. The molecule has 3 nitrogen and oxygen atoms in total. The molecule has 0 bridgehead atoms. The van der Waals surface area contributed by atoms with Crippen LogP contribution in [0.25, 0.3) is 0 Å². The Bertz CT molecular complexity index is 411. The van der Waals surface area contributed by atoms with Gasteiger partial charge in [0.1, 0.15) is 5.75 Å². The average Bonchev–Trinajstić information content (AvgIpc) is 2.30. The molecule has 2 rings (SSSR count). The first-order valence-electron chi connectivity index (χ1n) is 6.54. The number of nitrogens with zero attached hydrogens (tertiary/aromatic N) is 1. The van der Waals surface area contributed by atoms with E-state index in [9.17, 15) is 4.79 Å². The van der Waals surface area contributed by atoms with Crippen molar-refractivity contribution in [3.8, 4) is 5.75 Å². The molecular formula is C15H21NO2. The summed E-state index contributed by atoms with van der Waals surface area (Å²) in [6, 6.07) is 7.96. The largest absolute Gasteiger partial charge is 0.491 e. The van der Waals surface area contributed by atoms with E-state index in [1.54, 1.807) is 0 Å². The average molecular weight is 247 g/mol. The van der Waals surface area contributed by atoms with Crippen molar-refractivity contribution in [1.82, 2.24) is 4.90 Å². The van der Waals surface area contributed by atoms with Crippen LogP contribution in [0.15, 0.2) is 24.3 Å². The predicted octanol–water partition coefficient (Wildman–Crippen LogP) is 2.46. The number of hydrogen-bond acceptors (Lipinski definition) is 3. The van der Waals surface area contributed by atoms with Crippen LogP contribution >= 0.6 is 0 Å². The third-order valence-corrected chi connectivity index (χ3v) is 3.27. The lowest BCUT2D eigenvalue weighted by molar-refractivity contribution is -0.123. The summed E-state index contributed by atoms with van der Waals surface area (Å²) in [7, 11) is 1.99. The number of carbonyl (C=O) groups is 1. The van der Waals surface area contributed by atoms with Gasteiger partial charge in [-0.1, -0.05) is 12.1 Å². The molecule has 1 fully saturated rings. The van der Waals surface area contributed by atoms with Crippen molar-refractivity contribution in [2.24, 2.45) is 0 Å². The topological polar surface area (TPSA) is 29.5 Å². The molecule has 18 heavy (non-hydrogen) atoms. The molecule has 1 saturated heterocycles. The van der Waals surface area contributed by atoms with Crippen LogP contribution in [0.1, 0.15) is 31.7 Å². The Balaban J connectivity index is 2.07. The van der Waals surface area contributed by atoms with Gasteiger partial charge in [0, 0.05) is 5.92 Å².